The van der Waals surface area contributed by atoms with E-state index in [1.807, 2.05) is 13.0 Å². The van der Waals surface area contributed by atoms with Crippen LogP contribution in [0.5, 0.6) is 0 Å². The Morgan fingerprint density at radius 1 is 1.29 bits per heavy atom. The minimum absolute atomic E-state index is 0.581. The molecule has 0 nitrogen and oxygen atoms in total. The molecule has 1 aromatic rings. The van der Waals surface area contributed by atoms with E-state index < -0.39 is 0 Å². The monoisotopic (exact) mass is 230 g/mol. The second kappa shape index (κ2) is 8.81. The summed E-state index contributed by atoms with van der Waals surface area (Å²) < 4.78 is 0. The Kier molecular flexibility index (Phi) is 8.13. The molecule has 0 aliphatic heterocycles. The van der Waals surface area contributed by atoms with Gasteiger partial charge in [-0.1, -0.05) is 77.1 Å². The van der Waals surface area contributed by atoms with E-state index in [9.17, 15) is 0 Å². The summed E-state index contributed by atoms with van der Waals surface area (Å²) in [6.07, 6.45) is 5.24. The molecule has 0 aliphatic rings. The van der Waals surface area contributed by atoms with Gasteiger partial charge in [-0.05, 0) is 29.5 Å². The van der Waals surface area contributed by atoms with Crippen LogP contribution in [0.2, 0.25) is 0 Å². The van der Waals surface area contributed by atoms with E-state index in [2.05, 4.69) is 64.6 Å². The molecule has 94 valence electrons. The van der Waals surface area contributed by atoms with Crippen LogP contribution in [0.25, 0.3) is 5.57 Å². The first-order chi connectivity index (χ1) is 8.10. The van der Waals surface area contributed by atoms with Crippen molar-refractivity contribution in [1.82, 2.24) is 0 Å². The summed E-state index contributed by atoms with van der Waals surface area (Å²) in [4.78, 5) is 0. The summed E-state index contributed by atoms with van der Waals surface area (Å²) >= 11 is 0. The smallest absolute Gasteiger partial charge is 0.0185 e. The van der Waals surface area contributed by atoms with Crippen molar-refractivity contribution in [2.75, 3.05) is 0 Å². The van der Waals surface area contributed by atoms with Gasteiger partial charge in [0, 0.05) is 0 Å². The molecule has 0 saturated carbocycles. The lowest BCUT2D eigenvalue weighted by Crippen LogP contribution is -1.89. The van der Waals surface area contributed by atoms with Crippen molar-refractivity contribution < 1.29 is 0 Å². The van der Waals surface area contributed by atoms with E-state index in [0.717, 1.165) is 0 Å². The lowest BCUT2D eigenvalue weighted by molar-refractivity contribution is 0.866. The summed E-state index contributed by atoms with van der Waals surface area (Å²) in [5, 5.41) is 0. The maximum absolute atomic E-state index is 3.81. The van der Waals surface area contributed by atoms with E-state index in [0.29, 0.717) is 5.92 Å². The zero-order valence-corrected chi connectivity index (χ0v) is 12.0. The Labute approximate surface area is 107 Å². The molecular formula is C17H26. The summed E-state index contributed by atoms with van der Waals surface area (Å²) in [5.41, 5.74) is 3.84. The molecule has 0 aliphatic carbocycles. The highest BCUT2D eigenvalue weighted by Gasteiger charge is 2.01. The molecule has 0 bridgehead atoms. The van der Waals surface area contributed by atoms with Crippen LogP contribution in [0.3, 0.4) is 0 Å². The first kappa shape index (κ1) is 15.7. The van der Waals surface area contributed by atoms with Crippen molar-refractivity contribution in [1.29, 1.82) is 0 Å². The fourth-order valence-corrected chi connectivity index (χ4v) is 1.48. The van der Waals surface area contributed by atoms with Crippen LogP contribution in [-0.2, 0) is 0 Å². The van der Waals surface area contributed by atoms with E-state index in [1.165, 1.54) is 23.1 Å². The minimum atomic E-state index is 0.581. The second-order valence-corrected chi connectivity index (χ2v) is 4.44. The highest BCUT2D eigenvalue weighted by molar-refractivity contribution is 5.73. The number of hydrogen-bond donors (Lipinski definition) is 0. The van der Waals surface area contributed by atoms with Crippen LogP contribution < -0.4 is 0 Å². The molecule has 0 amide bonds. The highest BCUT2D eigenvalue weighted by atomic mass is 14.1. The zero-order valence-electron chi connectivity index (χ0n) is 12.0. The second-order valence-electron chi connectivity index (χ2n) is 4.44. The molecule has 17 heavy (non-hydrogen) atoms. The number of hydrogen-bond acceptors (Lipinski definition) is 0. The molecule has 1 aromatic carbocycles. The van der Waals surface area contributed by atoms with Crippen molar-refractivity contribution in [3.8, 4) is 0 Å². The molecule has 0 heteroatoms. The van der Waals surface area contributed by atoms with Crippen LogP contribution in [0.15, 0.2) is 43.0 Å². The van der Waals surface area contributed by atoms with Gasteiger partial charge in [0.15, 0.2) is 0 Å². The first-order valence-electron chi connectivity index (χ1n) is 6.49. The number of rotatable bonds is 3. The van der Waals surface area contributed by atoms with Gasteiger partial charge in [0.1, 0.15) is 0 Å². The third-order valence-electron chi connectivity index (χ3n) is 2.42. The normalized spacial score (nSPS) is 10.8. The van der Waals surface area contributed by atoms with Crippen molar-refractivity contribution in [3.05, 3.63) is 54.1 Å². The van der Waals surface area contributed by atoms with Crippen LogP contribution in [-0.4, -0.2) is 0 Å². The standard InChI is InChI=1S/C14H18.C3H8/c1-5-12(6-2)14-9-7-8-13(10-14)11(3)4;1-3-2/h5-11H,1H2,2-4H3;3H2,1-2H3/b12-6+;. The van der Waals surface area contributed by atoms with Gasteiger partial charge in [0.25, 0.3) is 0 Å². The molecule has 0 N–H and O–H groups in total. The number of allylic oxidation sites excluding steroid dienone is 3. The Hall–Kier alpha value is -1.30. The van der Waals surface area contributed by atoms with E-state index >= 15 is 0 Å². The minimum Gasteiger partial charge on any atom is -0.0985 e. The van der Waals surface area contributed by atoms with Gasteiger partial charge in [-0.15, -0.1) is 0 Å². The van der Waals surface area contributed by atoms with Gasteiger partial charge in [-0.3, -0.25) is 0 Å². The summed E-state index contributed by atoms with van der Waals surface area (Å²) in [6.45, 7) is 14.5. The third kappa shape index (κ3) is 5.53. The molecular weight excluding hydrogens is 204 g/mol. The molecule has 0 radical (unpaired) electrons. The lowest BCUT2D eigenvalue weighted by Gasteiger charge is -2.08. The average molecular weight is 230 g/mol. The Bertz CT molecular complexity index is 356. The third-order valence-corrected chi connectivity index (χ3v) is 2.42. The van der Waals surface area contributed by atoms with Gasteiger partial charge in [0.2, 0.25) is 0 Å². The SMILES string of the molecule is C=C/C(=C\C)c1cccc(C(C)C)c1.CCC. The molecule has 0 spiro atoms. The van der Waals surface area contributed by atoms with Crippen molar-refractivity contribution in [3.63, 3.8) is 0 Å². The van der Waals surface area contributed by atoms with Gasteiger partial charge in [-0.2, -0.15) is 0 Å². The predicted molar refractivity (Wildman–Crippen MR) is 80.3 cm³/mol. The summed E-state index contributed by atoms with van der Waals surface area (Å²) in [7, 11) is 0. The number of benzene rings is 1. The quantitative estimate of drug-likeness (QED) is 0.574. The summed E-state index contributed by atoms with van der Waals surface area (Å²) in [5.74, 6) is 0.581. The van der Waals surface area contributed by atoms with E-state index in [4.69, 9.17) is 0 Å². The molecule has 0 fully saturated rings. The first-order valence-corrected chi connectivity index (χ1v) is 6.49. The van der Waals surface area contributed by atoms with Crippen molar-refractivity contribution in [2.24, 2.45) is 0 Å². The van der Waals surface area contributed by atoms with Gasteiger partial charge >= 0.3 is 0 Å². The predicted octanol–water partition coefficient (Wildman–Crippen LogP) is 5.82. The molecule has 0 saturated heterocycles. The molecule has 0 aromatic heterocycles. The fraction of sp³-hybridized carbons (Fsp3) is 0.412. The van der Waals surface area contributed by atoms with Crippen molar-refractivity contribution >= 4 is 5.57 Å². The average Bonchev–Trinajstić information content (AvgIpc) is 2.32. The van der Waals surface area contributed by atoms with Gasteiger partial charge < -0.3 is 0 Å². The van der Waals surface area contributed by atoms with Crippen LogP contribution in [0, 0.1) is 0 Å². The largest absolute Gasteiger partial charge is 0.0985 e. The van der Waals surface area contributed by atoms with E-state index in [-0.39, 0.29) is 0 Å². The van der Waals surface area contributed by atoms with Gasteiger partial charge in [-0.25, -0.2) is 0 Å². The fourth-order valence-electron chi connectivity index (χ4n) is 1.48. The van der Waals surface area contributed by atoms with Crippen LogP contribution in [0.4, 0.5) is 0 Å². The molecule has 0 atom stereocenters. The van der Waals surface area contributed by atoms with E-state index in [1.54, 1.807) is 0 Å². The summed E-state index contributed by atoms with van der Waals surface area (Å²) in [6, 6.07) is 8.65. The Balaban J connectivity index is 0.000000770. The Morgan fingerprint density at radius 3 is 2.29 bits per heavy atom. The van der Waals surface area contributed by atoms with Crippen LogP contribution in [0.1, 0.15) is 58.1 Å². The van der Waals surface area contributed by atoms with Crippen LogP contribution >= 0.6 is 0 Å². The van der Waals surface area contributed by atoms with Crippen molar-refractivity contribution in [2.45, 2.75) is 47.0 Å². The molecule has 0 heterocycles. The maximum atomic E-state index is 3.81. The highest BCUT2D eigenvalue weighted by Crippen LogP contribution is 2.21. The maximum Gasteiger partial charge on any atom is -0.0185 e. The lowest BCUT2D eigenvalue weighted by atomic mass is 9.97. The Morgan fingerprint density at radius 2 is 1.88 bits per heavy atom. The molecule has 0 unspecified atom stereocenters. The molecule has 1 rings (SSSR count). The zero-order chi connectivity index (χ0) is 13.3. The van der Waals surface area contributed by atoms with Gasteiger partial charge in [0.05, 0.1) is 0 Å². The topological polar surface area (TPSA) is 0 Å².